The number of ether oxygens (including phenoxy) is 1. The lowest BCUT2D eigenvalue weighted by Crippen LogP contribution is -2.35. The minimum Gasteiger partial charge on any atom is -0.497 e. The number of carbonyl (C=O) groups excluding carboxylic acids is 1. The predicted molar refractivity (Wildman–Crippen MR) is 71.7 cm³/mol. The molecule has 0 radical (unpaired) electrons. The second-order valence-electron chi connectivity index (χ2n) is 5.01. The Bertz CT molecular complexity index is 391. The molecule has 0 atom stereocenters. The summed E-state index contributed by atoms with van der Waals surface area (Å²) in [5.41, 5.74) is 1.30. The first-order chi connectivity index (χ1) is 8.69. The number of carbonyl (C=O) groups is 1. The fourth-order valence-corrected chi connectivity index (χ4v) is 2.49. The van der Waals surface area contributed by atoms with Gasteiger partial charge in [0.25, 0.3) is 0 Å². The van der Waals surface area contributed by atoms with E-state index in [4.69, 9.17) is 4.74 Å². The Morgan fingerprint density at radius 3 is 2.39 bits per heavy atom. The summed E-state index contributed by atoms with van der Waals surface area (Å²) < 4.78 is 5.15. The van der Waals surface area contributed by atoms with Crippen molar-refractivity contribution in [2.24, 2.45) is 5.92 Å². The fourth-order valence-electron chi connectivity index (χ4n) is 2.49. The second-order valence-corrected chi connectivity index (χ2v) is 5.01. The van der Waals surface area contributed by atoms with Crippen LogP contribution in [0.3, 0.4) is 0 Å². The van der Waals surface area contributed by atoms with Crippen LogP contribution in [0.4, 0.5) is 0 Å². The van der Waals surface area contributed by atoms with Crippen molar-refractivity contribution in [1.29, 1.82) is 0 Å². The van der Waals surface area contributed by atoms with Crippen molar-refractivity contribution in [2.45, 2.75) is 26.3 Å². The number of rotatable bonds is 4. The number of nitrogens with zero attached hydrogens (tertiary/aromatic N) is 1. The molecule has 18 heavy (non-hydrogen) atoms. The van der Waals surface area contributed by atoms with E-state index in [1.807, 2.05) is 12.1 Å². The smallest absolute Gasteiger partial charge is 0.133 e. The molecule has 1 fully saturated rings. The minimum atomic E-state index is 0.289. The highest BCUT2D eigenvalue weighted by atomic mass is 16.5. The van der Waals surface area contributed by atoms with Crippen molar-refractivity contribution in [3.63, 3.8) is 0 Å². The number of piperidine rings is 1. The molecule has 1 aliphatic rings. The Labute approximate surface area is 109 Å². The molecule has 1 heterocycles. The van der Waals surface area contributed by atoms with Crippen molar-refractivity contribution in [3.8, 4) is 5.75 Å². The largest absolute Gasteiger partial charge is 0.497 e. The van der Waals surface area contributed by atoms with E-state index >= 15 is 0 Å². The quantitative estimate of drug-likeness (QED) is 0.818. The molecule has 2 rings (SSSR count). The van der Waals surface area contributed by atoms with E-state index in [1.54, 1.807) is 14.0 Å². The Kier molecular flexibility index (Phi) is 4.37. The summed E-state index contributed by atoms with van der Waals surface area (Å²) in [6.07, 6.45) is 2.01. The lowest BCUT2D eigenvalue weighted by atomic mass is 9.93. The van der Waals surface area contributed by atoms with Gasteiger partial charge in [-0.2, -0.15) is 0 Å². The number of Topliss-reactive ketones (excluding diaryl/α,β-unsaturated/α-hetero) is 1. The summed E-state index contributed by atoms with van der Waals surface area (Å²) in [4.78, 5) is 13.7. The molecule has 1 saturated heterocycles. The first kappa shape index (κ1) is 13.1. The summed E-state index contributed by atoms with van der Waals surface area (Å²) in [6.45, 7) is 4.73. The summed E-state index contributed by atoms with van der Waals surface area (Å²) in [7, 11) is 1.68. The molecule has 0 aliphatic carbocycles. The van der Waals surface area contributed by atoms with E-state index in [1.165, 1.54) is 5.56 Å². The van der Waals surface area contributed by atoms with Gasteiger partial charge in [0.05, 0.1) is 7.11 Å². The molecule has 1 aliphatic heterocycles. The topological polar surface area (TPSA) is 29.5 Å². The van der Waals surface area contributed by atoms with Crippen molar-refractivity contribution in [2.75, 3.05) is 20.2 Å². The third kappa shape index (κ3) is 3.33. The summed E-state index contributed by atoms with van der Waals surface area (Å²) in [5.74, 6) is 1.53. The molecule has 0 amide bonds. The van der Waals surface area contributed by atoms with Crippen molar-refractivity contribution >= 4 is 5.78 Å². The maximum Gasteiger partial charge on any atom is 0.133 e. The van der Waals surface area contributed by atoms with Gasteiger partial charge < -0.3 is 4.74 Å². The van der Waals surface area contributed by atoms with Gasteiger partial charge >= 0.3 is 0 Å². The SMILES string of the molecule is COc1ccc(CN2CCC(C(C)=O)CC2)cc1. The van der Waals surface area contributed by atoms with Crippen molar-refractivity contribution in [3.05, 3.63) is 29.8 Å². The van der Waals surface area contributed by atoms with Crippen LogP contribution in [0.2, 0.25) is 0 Å². The summed E-state index contributed by atoms with van der Waals surface area (Å²) in [6, 6.07) is 8.21. The zero-order valence-electron chi connectivity index (χ0n) is 11.2. The molecular formula is C15H21NO2. The average molecular weight is 247 g/mol. The molecule has 3 nitrogen and oxygen atoms in total. The Balaban J connectivity index is 1.85. The number of benzene rings is 1. The normalized spacial score (nSPS) is 17.7. The number of likely N-dealkylation sites (tertiary alicyclic amines) is 1. The molecule has 0 saturated carbocycles. The molecule has 0 N–H and O–H groups in total. The van der Waals surface area contributed by atoms with Gasteiger partial charge in [-0.25, -0.2) is 0 Å². The van der Waals surface area contributed by atoms with Gasteiger partial charge in [-0.1, -0.05) is 12.1 Å². The highest BCUT2D eigenvalue weighted by Crippen LogP contribution is 2.20. The third-order valence-corrected chi connectivity index (χ3v) is 3.73. The van der Waals surface area contributed by atoms with E-state index < -0.39 is 0 Å². The Morgan fingerprint density at radius 1 is 1.28 bits per heavy atom. The monoisotopic (exact) mass is 247 g/mol. The second kappa shape index (κ2) is 6.01. The van der Waals surface area contributed by atoms with Gasteiger partial charge in [0, 0.05) is 12.5 Å². The molecular weight excluding hydrogens is 226 g/mol. The maximum atomic E-state index is 11.3. The van der Waals surface area contributed by atoms with Crippen LogP contribution >= 0.6 is 0 Å². The highest BCUT2D eigenvalue weighted by molar-refractivity contribution is 5.78. The number of methoxy groups -OCH3 is 1. The lowest BCUT2D eigenvalue weighted by molar-refractivity contribution is -0.122. The standard InChI is InChI=1S/C15H21NO2/c1-12(17)14-7-9-16(10-8-14)11-13-3-5-15(18-2)6-4-13/h3-6,14H,7-11H2,1-2H3. The van der Waals surface area contributed by atoms with Crippen molar-refractivity contribution < 1.29 is 9.53 Å². The lowest BCUT2D eigenvalue weighted by Gasteiger charge is -2.30. The first-order valence-corrected chi connectivity index (χ1v) is 6.55. The fraction of sp³-hybridized carbons (Fsp3) is 0.533. The van der Waals surface area contributed by atoms with Crippen molar-refractivity contribution in [1.82, 2.24) is 4.90 Å². The van der Waals surface area contributed by atoms with Gasteiger partial charge in [0.1, 0.15) is 11.5 Å². The maximum absolute atomic E-state index is 11.3. The molecule has 98 valence electrons. The van der Waals surface area contributed by atoms with Crippen LogP contribution in [0, 0.1) is 5.92 Å². The molecule has 0 spiro atoms. The zero-order chi connectivity index (χ0) is 13.0. The molecule has 0 bridgehead atoms. The van der Waals surface area contributed by atoms with E-state index in [-0.39, 0.29) is 5.92 Å². The van der Waals surface area contributed by atoms with E-state index in [0.29, 0.717) is 5.78 Å². The van der Waals surface area contributed by atoms with E-state index in [2.05, 4.69) is 17.0 Å². The van der Waals surface area contributed by atoms with Crippen LogP contribution in [-0.2, 0) is 11.3 Å². The van der Waals surface area contributed by atoms with Crippen LogP contribution in [0.5, 0.6) is 5.75 Å². The Hall–Kier alpha value is -1.35. The van der Waals surface area contributed by atoms with Gasteiger partial charge in [-0.15, -0.1) is 0 Å². The number of hydrogen-bond acceptors (Lipinski definition) is 3. The van der Waals surface area contributed by atoms with Gasteiger partial charge in [0.2, 0.25) is 0 Å². The molecule has 0 unspecified atom stereocenters. The van der Waals surface area contributed by atoms with Crippen LogP contribution in [0.15, 0.2) is 24.3 Å². The molecule has 1 aromatic rings. The van der Waals surface area contributed by atoms with E-state index in [9.17, 15) is 4.79 Å². The molecule has 3 heteroatoms. The van der Waals surface area contributed by atoms with Gasteiger partial charge in [-0.05, 0) is 50.6 Å². The molecule has 1 aromatic carbocycles. The van der Waals surface area contributed by atoms with E-state index in [0.717, 1.165) is 38.2 Å². The van der Waals surface area contributed by atoms with Gasteiger partial charge in [-0.3, -0.25) is 9.69 Å². The predicted octanol–water partition coefficient (Wildman–Crippen LogP) is 2.50. The van der Waals surface area contributed by atoms with Crippen LogP contribution in [-0.4, -0.2) is 30.9 Å². The number of ketones is 1. The summed E-state index contributed by atoms with van der Waals surface area (Å²) >= 11 is 0. The highest BCUT2D eigenvalue weighted by Gasteiger charge is 2.21. The third-order valence-electron chi connectivity index (χ3n) is 3.73. The average Bonchev–Trinajstić information content (AvgIpc) is 2.40. The number of hydrogen-bond donors (Lipinski definition) is 0. The van der Waals surface area contributed by atoms with Gasteiger partial charge in [0.15, 0.2) is 0 Å². The minimum absolute atomic E-state index is 0.289. The first-order valence-electron chi connectivity index (χ1n) is 6.55. The van der Waals surface area contributed by atoms with Crippen LogP contribution in [0.25, 0.3) is 0 Å². The van der Waals surface area contributed by atoms with Crippen LogP contribution in [0.1, 0.15) is 25.3 Å². The molecule has 0 aromatic heterocycles. The summed E-state index contributed by atoms with van der Waals surface area (Å²) in [5, 5.41) is 0. The zero-order valence-corrected chi connectivity index (χ0v) is 11.2. The van der Waals surface area contributed by atoms with Crippen LogP contribution < -0.4 is 4.74 Å². The Morgan fingerprint density at radius 2 is 1.89 bits per heavy atom.